The molecule has 0 saturated carbocycles. The van der Waals surface area contributed by atoms with Crippen LogP contribution in [0.5, 0.6) is 0 Å². The fourth-order valence-corrected chi connectivity index (χ4v) is 5.64. The SMILES string of the molecule is CC(C)(CNC(=O)c1ccc(Br)c(S(=O)(=O)N2CCOCC2)c1)c1ccccc1F. The van der Waals surface area contributed by atoms with Crippen LogP contribution in [0.15, 0.2) is 51.8 Å². The van der Waals surface area contributed by atoms with Gasteiger partial charge in [0.05, 0.1) is 18.1 Å². The summed E-state index contributed by atoms with van der Waals surface area (Å²) in [7, 11) is -3.76. The Kier molecular flexibility index (Phi) is 6.96. The zero-order valence-electron chi connectivity index (χ0n) is 16.8. The second-order valence-electron chi connectivity index (χ2n) is 7.71. The lowest BCUT2D eigenvalue weighted by Gasteiger charge is -2.27. The monoisotopic (exact) mass is 498 g/mol. The Morgan fingerprint density at radius 2 is 1.87 bits per heavy atom. The number of ether oxygens (including phenoxy) is 1. The van der Waals surface area contributed by atoms with Gasteiger partial charge in [0.25, 0.3) is 5.91 Å². The summed E-state index contributed by atoms with van der Waals surface area (Å²) in [6.45, 7) is 5.06. The van der Waals surface area contributed by atoms with E-state index in [2.05, 4.69) is 21.2 Å². The predicted octanol–water partition coefficient (Wildman–Crippen LogP) is 3.32. The molecule has 1 heterocycles. The first kappa shape index (κ1) is 22.9. The molecule has 1 aliphatic rings. The van der Waals surface area contributed by atoms with Gasteiger partial charge in [0, 0.05) is 35.1 Å². The average Bonchev–Trinajstić information content (AvgIpc) is 2.73. The quantitative estimate of drug-likeness (QED) is 0.662. The van der Waals surface area contributed by atoms with Crippen LogP contribution < -0.4 is 5.32 Å². The van der Waals surface area contributed by atoms with Gasteiger partial charge in [-0.1, -0.05) is 32.0 Å². The molecule has 162 valence electrons. The minimum Gasteiger partial charge on any atom is -0.379 e. The topological polar surface area (TPSA) is 75.7 Å². The summed E-state index contributed by atoms with van der Waals surface area (Å²) in [6.07, 6.45) is 0. The van der Waals surface area contributed by atoms with Crippen LogP contribution in [0.3, 0.4) is 0 Å². The van der Waals surface area contributed by atoms with E-state index in [0.29, 0.717) is 23.2 Å². The summed E-state index contributed by atoms with van der Waals surface area (Å²) < 4.78 is 47.1. The Labute approximate surface area is 184 Å². The molecule has 1 amide bonds. The number of amides is 1. The Balaban J connectivity index is 1.79. The average molecular weight is 499 g/mol. The van der Waals surface area contributed by atoms with Crippen molar-refractivity contribution in [3.63, 3.8) is 0 Å². The molecule has 1 saturated heterocycles. The molecule has 0 aliphatic carbocycles. The molecule has 0 unspecified atom stereocenters. The third-order valence-corrected chi connectivity index (χ3v) is 7.97. The van der Waals surface area contributed by atoms with Crippen LogP contribution in [0.4, 0.5) is 4.39 Å². The third kappa shape index (κ3) is 4.91. The van der Waals surface area contributed by atoms with Crippen molar-refractivity contribution in [1.82, 2.24) is 9.62 Å². The molecule has 2 aromatic carbocycles. The largest absolute Gasteiger partial charge is 0.379 e. The highest BCUT2D eigenvalue weighted by Crippen LogP contribution is 2.28. The third-order valence-electron chi connectivity index (χ3n) is 5.08. The van der Waals surface area contributed by atoms with E-state index in [1.165, 1.54) is 16.4 Å². The highest BCUT2D eigenvalue weighted by Gasteiger charge is 2.29. The Hall–Kier alpha value is -1.81. The van der Waals surface area contributed by atoms with E-state index in [-0.39, 0.29) is 35.9 Å². The number of benzene rings is 2. The van der Waals surface area contributed by atoms with Gasteiger partial charge in [-0.2, -0.15) is 4.31 Å². The number of halogens is 2. The summed E-state index contributed by atoms with van der Waals surface area (Å²) in [5.41, 5.74) is 0.0741. The summed E-state index contributed by atoms with van der Waals surface area (Å²) in [4.78, 5) is 12.8. The van der Waals surface area contributed by atoms with Gasteiger partial charge < -0.3 is 10.1 Å². The second-order valence-corrected chi connectivity index (χ2v) is 10.5. The molecule has 1 N–H and O–H groups in total. The van der Waals surface area contributed by atoms with E-state index >= 15 is 0 Å². The van der Waals surface area contributed by atoms with E-state index in [1.807, 2.05) is 13.8 Å². The Bertz CT molecular complexity index is 1040. The number of rotatable bonds is 6. The molecule has 1 fully saturated rings. The lowest BCUT2D eigenvalue weighted by Crippen LogP contribution is -2.41. The number of sulfonamides is 1. The Morgan fingerprint density at radius 1 is 1.20 bits per heavy atom. The van der Waals surface area contributed by atoms with Crippen LogP contribution in [0.2, 0.25) is 0 Å². The van der Waals surface area contributed by atoms with Crippen molar-refractivity contribution in [1.29, 1.82) is 0 Å². The van der Waals surface area contributed by atoms with Crippen LogP contribution in [0.1, 0.15) is 29.8 Å². The van der Waals surface area contributed by atoms with Crippen LogP contribution in [-0.4, -0.2) is 51.5 Å². The summed E-state index contributed by atoms with van der Waals surface area (Å²) >= 11 is 3.28. The van der Waals surface area contributed by atoms with Crippen molar-refractivity contribution in [2.75, 3.05) is 32.8 Å². The van der Waals surface area contributed by atoms with Crippen molar-refractivity contribution < 1.29 is 22.3 Å². The van der Waals surface area contributed by atoms with Crippen LogP contribution in [0.25, 0.3) is 0 Å². The minimum atomic E-state index is -3.76. The number of nitrogens with zero attached hydrogens (tertiary/aromatic N) is 1. The van der Waals surface area contributed by atoms with E-state index in [9.17, 15) is 17.6 Å². The van der Waals surface area contributed by atoms with Gasteiger partial charge in [0.2, 0.25) is 10.0 Å². The van der Waals surface area contributed by atoms with Crippen molar-refractivity contribution >= 4 is 31.9 Å². The molecule has 9 heteroatoms. The highest BCUT2D eigenvalue weighted by molar-refractivity contribution is 9.10. The molecule has 6 nitrogen and oxygen atoms in total. The normalized spacial score (nSPS) is 15.7. The van der Waals surface area contributed by atoms with Gasteiger partial charge in [-0.15, -0.1) is 0 Å². The first-order valence-electron chi connectivity index (χ1n) is 9.53. The summed E-state index contributed by atoms with van der Waals surface area (Å²) in [5.74, 6) is -0.760. The summed E-state index contributed by atoms with van der Waals surface area (Å²) in [5, 5.41) is 2.79. The second kappa shape index (κ2) is 9.13. The lowest BCUT2D eigenvalue weighted by atomic mass is 9.84. The maximum Gasteiger partial charge on any atom is 0.251 e. The van der Waals surface area contributed by atoms with E-state index in [4.69, 9.17) is 4.74 Å². The van der Waals surface area contributed by atoms with E-state index < -0.39 is 21.3 Å². The molecule has 30 heavy (non-hydrogen) atoms. The number of carbonyl (C=O) groups is 1. The molecule has 0 bridgehead atoms. The van der Waals surface area contributed by atoms with Gasteiger partial charge in [-0.05, 0) is 45.8 Å². The van der Waals surface area contributed by atoms with Crippen LogP contribution >= 0.6 is 15.9 Å². The maximum absolute atomic E-state index is 14.1. The van der Waals surface area contributed by atoms with E-state index in [0.717, 1.165) is 0 Å². The molecule has 0 aromatic heterocycles. The fourth-order valence-electron chi connectivity index (χ4n) is 3.28. The van der Waals surface area contributed by atoms with E-state index in [1.54, 1.807) is 30.3 Å². The zero-order chi connectivity index (χ0) is 21.9. The number of morpholine rings is 1. The smallest absolute Gasteiger partial charge is 0.251 e. The molecule has 0 radical (unpaired) electrons. The molecule has 2 aromatic rings. The van der Waals surface area contributed by atoms with Gasteiger partial charge >= 0.3 is 0 Å². The molecule has 3 rings (SSSR count). The van der Waals surface area contributed by atoms with Gasteiger partial charge in [-0.3, -0.25) is 4.79 Å². The van der Waals surface area contributed by atoms with Crippen molar-refractivity contribution in [3.8, 4) is 0 Å². The molecular weight excluding hydrogens is 475 g/mol. The summed E-state index contributed by atoms with van der Waals surface area (Å²) in [6, 6.07) is 10.9. The molecule has 1 aliphatic heterocycles. The van der Waals surface area contributed by atoms with Gasteiger partial charge in [0.1, 0.15) is 5.82 Å². The fraction of sp³-hybridized carbons (Fsp3) is 0.381. The number of nitrogens with one attached hydrogen (secondary N) is 1. The predicted molar refractivity (Wildman–Crippen MR) is 115 cm³/mol. The number of carbonyl (C=O) groups excluding carboxylic acids is 1. The number of hydrogen-bond acceptors (Lipinski definition) is 4. The minimum absolute atomic E-state index is 0.0328. The van der Waals surface area contributed by atoms with Crippen molar-refractivity contribution in [3.05, 3.63) is 63.9 Å². The van der Waals surface area contributed by atoms with Crippen molar-refractivity contribution in [2.24, 2.45) is 0 Å². The van der Waals surface area contributed by atoms with Gasteiger partial charge in [-0.25, -0.2) is 12.8 Å². The van der Waals surface area contributed by atoms with Crippen LogP contribution in [0, 0.1) is 5.82 Å². The standard InChI is InChI=1S/C21H24BrFN2O4S/c1-21(2,16-5-3-4-6-18(16)23)14-24-20(26)15-7-8-17(22)19(13-15)30(27,28)25-9-11-29-12-10-25/h3-8,13H,9-12,14H2,1-2H3,(H,24,26). The molecule has 0 atom stereocenters. The Morgan fingerprint density at radius 3 is 2.53 bits per heavy atom. The maximum atomic E-state index is 14.1. The zero-order valence-corrected chi connectivity index (χ0v) is 19.2. The van der Waals surface area contributed by atoms with Gasteiger partial charge in [0.15, 0.2) is 0 Å². The molecular formula is C21H24BrFN2O4S. The van der Waals surface area contributed by atoms with Crippen molar-refractivity contribution in [2.45, 2.75) is 24.2 Å². The molecule has 0 spiro atoms. The first-order chi connectivity index (χ1) is 14.1. The number of hydrogen-bond donors (Lipinski definition) is 1. The van der Waals surface area contributed by atoms with Crippen LogP contribution in [-0.2, 0) is 20.2 Å². The highest BCUT2D eigenvalue weighted by atomic mass is 79.9. The first-order valence-corrected chi connectivity index (χ1v) is 11.8. The lowest BCUT2D eigenvalue weighted by molar-refractivity contribution is 0.0730.